The molecule has 2 aromatic heterocycles. The van der Waals surface area contributed by atoms with E-state index in [0.29, 0.717) is 24.7 Å². The molecule has 1 aromatic carbocycles. The van der Waals surface area contributed by atoms with Crippen LogP contribution in [0, 0.1) is 16.7 Å². The van der Waals surface area contributed by atoms with Crippen molar-refractivity contribution >= 4 is 23.0 Å². The van der Waals surface area contributed by atoms with Gasteiger partial charge in [-0.3, -0.25) is 15.4 Å². The fourth-order valence-corrected chi connectivity index (χ4v) is 5.52. The van der Waals surface area contributed by atoms with Crippen LogP contribution < -0.4 is 22.5 Å². The predicted molar refractivity (Wildman–Crippen MR) is 148 cm³/mol. The standard InChI is InChI=1S/C27H35N9O2/c1-2-16-11-21(7-9-32-25(28)29)38-23(12-16)17-3-5-20(6-4-17)36-15-19-13-22(33-24(19)34-27(36)37)18-8-10-35(14-18)26(30)31/h2-6,13,15-16,18,21,23H,1,7-12,14H2,(H3,30,31)(H4,28,29,32)(H,33,34,37)/t16-,18?,21+,23-/m0/s1. The molecule has 2 fully saturated rings. The number of H-pyrrole nitrogens is 1. The van der Waals surface area contributed by atoms with Gasteiger partial charge in [-0.05, 0) is 55.4 Å². The van der Waals surface area contributed by atoms with Crippen LogP contribution in [0.2, 0.25) is 0 Å². The van der Waals surface area contributed by atoms with E-state index in [9.17, 15) is 4.79 Å². The molecule has 0 saturated carbocycles. The van der Waals surface area contributed by atoms with E-state index in [1.54, 1.807) is 4.57 Å². The molecule has 3 aromatic rings. The Kier molecular flexibility index (Phi) is 7.19. The van der Waals surface area contributed by atoms with Crippen molar-refractivity contribution in [1.82, 2.24) is 24.8 Å². The number of ether oxygens (including phenoxy) is 1. The van der Waals surface area contributed by atoms with Crippen LogP contribution in [0.25, 0.3) is 16.7 Å². The fraction of sp³-hybridized carbons (Fsp3) is 0.407. The Balaban J connectivity index is 1.32. The van der Waals surface area contributed by atoms with Crippen LogP contribution in [0.4, 0.5) is 0 Å². The van der Waals surface area contributed by atoms with Crippen LogP contribution in [-0.4, -0.2) is 57.1 Å². The average Bonchev–Trinajstić information content (AvgIpc) is 3.55. The van der Waals surface area contributed by atoms with Crippen molar-refractivity contribution < 1.29 is 4.74 Å². The molecule has 0 spiro atoms. The molecule has 2 saturated heterocycles. The minimum Gasteiger partial charge on any atom is -0.370 e. The molecule has 8 N–H and O–H groups in total. The van der Waals surface area contributed by atoms with Crippen molar-refractivity contribution in [3.8, 4) is 5.69 Å². The molecule has 0 aliphatic carbocycles. The van der Waals surface area contributed by atoms with Crippen LogP contribution in [0.3, 0.4) is 0 Å². The number of nitrogens with two attached hydrogens (primary N) is 2. The van der Waals surface area contributed by atoms with E-state index in [1.165, 1.54) is 0 Å². The van der Waals surface area contributed by atoms with E-state index in [4.69, 9.17) is 27.0 Å². The second-order valence-electron chi connectivity index (χ2n) is 10.2. The molecular formula is C27H35N9O2. The molecule has 0 bridgehead atoms. The molecule has 2 aliphatic rings. The van der Waals surface area contributed by atoms with E-state index in [0.717, 1.165) is 54.6 Å². The Morgan fingerprint density at radius 3 is 2.74 bits per heavy atom. The summed E-state index contributed by atoms with van der Waals surface area (Å²) in [6.07, 6.45) is 7.17. The zero-order chi connectivity index (χ0) is 26.8. The van der Waals surface area contributed by atoms with Gasteiger partial charge in [-0.25, -0.2) is 4.79 Å². The van der Waals surface area contributed by atoms with Gasteiger partial charge in [0.25, 0.3) is 0 Å². The molecule has 4 atom stereocenters. The van der Waals surface area contributed by atoms with Crippen LogP contribution >= 0.6 is 0 Å². The highest BCUT2D eigenvalue weighted by Crippen LogP contribution is 2.36. The zero-order valence-electron chi connectivity index (χ0n) is 21.3. The molecule has 38 heavy (non-hydrogen) atoms. The summed E-state index contributed by atoms with van der Waals surface area (Å²) in [5, 5.41) is 18.7. The second-order valence-corrected chi connectivity index (χ2v) is 10.2. The van der Waals surface area contributed by atoms with Crippen LogP contribution in [0.15, 0.2) is 54.0 Å². The second kappa shape index (κ2) is 10.7. The van der Waals surface area contributed by atoms with Crippen molar-refractivity contribution in [2.45, 2.75) is 43.8 Å². The summed E-state index contributed by atoms with van der Waals surface area (Å²) in [6, 6.07) is 9.89. The number of fused-ring (bicyclic) bond motifs is 1. The number of likely N-dealkylation sites (tertiary alicyclic amines) is 1. The highest BCUT2D eigenvalue weighted by atomic mass is 16.5. The van der Waals surface area contributed by atoms with Crippen molar-refractivity contribution in [2.75, 3.05) is 19.6 Å². The SMILES string of the molecule is C=C[C@H]1C[C@@H](CCNC(=N)N)O[C@H](c2ccc(-n3cc4cc(C5CCN(C(=N)N)C5)[nH]c4nc3=O)cc2)C1. The Hall–Kier alpha value is -4.12. The lowest BCUT2D eigenvalue weighted by Gasteiger charge is -2.34. The highest BCUT2D eigenvalue weighted by Gasteiger charge is 2.29. The molecule has 4 heterocycles. The number of allylic oxidation sites excluding steroid dienone is 1. The summed E-state index contributed by atoms with van der Waals surface area (Å²) >= 11 is 0. The third kappa shape index (κ3) is 5.42. The minimum absolute atomic E-state index is 0.0369. The molecule has 200 valence electrons. The van der Waals surface area contributed by atoms with Gasteiger partial charge < -0.3 is 31.4 Å². The summed E-state index contributed by atoms with van der Waals surface area (Å²) in [6.45, 7) is 6.00. The smallest absolute Gasteiger partial charge is 0.354 e. The van der Waals surface area contributed by atoms with Crippen molar-refractivity contribution in [1.29, 1.82) is 10.8 Å². The fourth-order valence-electron chi connectivity index (χ4n) is 5.52. The van der Waals surface area contributed by atoms with Crippen LogP contribution in [0.1, 0.15) is 49.0 Å². The Morgan fingerprint density at radius 2 is 2.05 bits per heavy atom. The van der Waals surface area contributed by atoms with Gasteiger partial charge in [0.2, 0.25) is 0 Å². The van der Waals surface area contributed by atoms with E-state index in [-0.39, 0.29) is 35.7 Å². The van der Waals surface area contributed by atoms with Crippen molar-refractivity contribution in [3.63, 3.8) is 0 Å². The maximum Gasteiger partial charge on any atom is 0.354 e. The molecule has 0 radical (unpaired) electrons. The number of nitrogens with zero attached hydrogens (tertiary/aromatic N) is 3. The number of aromatic nitrogens is 3. The lowest BCUT2D eigenvalue weighted by atomic mass is 9.88. The Bertz CT molecular complexity index is 1390. The zero-order valence-corrected chi connectivity index (χ0v) is 21.3. The van der Waals surface area contributed by atoms with Gasteiger partial charge in [-0.2, -0.15) is 4.98 Å². The first-order valence-corrected chi connectivity index (χ1v) is 13.0. The van der Waals surface area contributed by atoms with Crippen LogP contribution in [-0.2, 0) is 4.74 Å². The van der Waals surface area contributed by atoms with Gasteiger partial charge in [0.15, 0.2) is 11.9 Å². The van der Waals surface area contributed by atoms with Gasteiger partial charge >= 0.3 is 5.69 Å². The normalized spacial score (nSPS) is 23.4. The number of nitrogens with one attached hydrogen (secondary N) is 4. The van der Waals surface area contributed by atoms with Crippen LogP contribution in [0.5, 0.6) is 0 Å². The summed E-state index contributed by atoms with van der Waals surface area (Å²) in [4.78, 5) is 22.3. The predicted octanol–water partition coefficient (Wildman–Crippen LogP) is 2.29. The molecule has 11 heteroatoms. The third-order valence-electron chi connectivity index (χ3n) is 7.59. The van der Waals surface area contributed by atoms with Gasteiger partial charge in [0.1, 0.15) is 5.65 Å². The molecule has 0 amide bonds. The minimum atomic E-state index is -0.353. The largest absolute Gasteiger partial charge is 0.370 e. The van der Waals surface area contributed by atoms with E-state index < -0.39 is 0 Å². The quantitative estimate of drug-likeness (QED) is 0.158. The first-order chi connectivity index (χ1) is 18.3. The topological polar surface area (TPSA) is 175 Å². The van der Waals surface area contributed by atoms with Crippen molar-refractivity contribution in [3.05, 3.63) is 70.9 Å². The van der Waals surface area contributed by atoms with E-state index >= 15 is 0 Å². The number of benzene rings is 1. The van der Waals surface area contributed by atoms with E-state index in [2.05, 4.69) is 21.9 Å². The third-order valence-corrected chi connectivity index (χ3v) is 7.59. The summed E-state index contributed by atoms with van der Waals surface area (Å²) in [5.41, 5.74) is 14.0. The maximum atomic E-state index is 12.9. The number of aromatic amines is 1. The lowest BCUT2D eigenvalue weighted by molar-refractivity contribution is -0.0675. The average molecular weight is 518 g/mol. The number of guanidine groups is 2. The molecule has 2 aliphatic heterocycles. The monoisotopic (exact) mass is 517 g/mol. The number of hydrogen-bond donors (Lipinski definition) is 6. The first-order valence-electron chi connectivity index (χ1n) is 13.0. The molecule has 5 rings (SSSR count). The van der Waals surface area contributed by atoms with Gasteiger partial charge in [0, 0.05) is 42.8 Å². The van der Waals surface area contributed by atoms with E-state index in [1.807, 2.05) is 47.5 Å². The lowest BCUT2D eigenvalue weighted by Crippen LogP contribution is -2.35. The summed E-state index contributed by atoms with van der Waals surface area (Å²) in [7, 11) is 0. The first kappa shape index (κ1) is 25.5. The molecule has 1 unspecified atom stereocenters. The van der Waals surface area contributed by atoms with Crippen molar-refractivity contribution in [2.24, 2.45) is 17.4 Å². The number of hydrogen-bond acceptors (Lipinski definition) is 5. The Labute approximate surface area is 220 Å². The highest BCUT2D eigenvalue weighted by molar-refractivity contribution is 5.77. The van der Waals surface area contributed by atoms with Gasteiger partial charge in [-0.15, -0.1) is 6.58 Å². The summed E-state index contributed by atoms with van der Waals surface area (Å²) in [5.74, 6) is 0.609. The number of rotatable bonds is 7. The van der Waals surface area contributed by atoms with Gasteiger partial charge in [-0.1, -0.05) is 18.2 Å². The van der Waals surface area contributed by atoms with Gasteiger partial charge in [0.05, 0.1) is 17.9 Å². The molecule has 11 nitrogen and oxygen atoms in total. The maximum absolute atomic E-state index is 12.9. The molecular weight excluding hydrogens is 482 g/mol. The summed E-state index contributed by atoms with van der Waals surface area (Å²) < 4.78 is 7.94. The Morgan fingerprint density at radius 1 is 1.26 bits per heavy atom.